The van der Waals surface area contributed by atoms with Gasteiger partial charge in [-0.15, -0.1) is 11.8 Å². The minimum Gasteiger partial charge on any atom is -0.477 e. The molecule has 1 amide bonds. The molecule has 1 aromatic rings. The lowest BCUT2D eigenvalue weighted by molar-refractivity contribution is -0.145. The number of β-lactam (4-membered cyclic amide) rings is 1. The topological polar surface area (TPSA) is 70.7 Å². The predicted molar refractivity (Wildman–Crippen MR) is 59.9 cm³/mol. The number of rotatable bonds is 3. The maximum absolute atomic E-state index is 11.4. The first kappa shape index (κ1) is 10.5. The highest BCUT2D eigenvalue weighted by Gasteiger charge is 2.48. The van der Waals surface area contributed by atoms with Gasteiger partial charge in [0, 0.05) is 11.3 Å². The van der Waals surface area contributed by atoms with E-state index in [1.165, 1.54) is 16.7 Å². The summed E-state index contributed by atoms with van der Waals surface area (Å²) in [5, 5.41) is 9.13. The highest BCUT2D eigenvalue weighted by Crippen LogP contribution is 2.47. The van der Waals surface area contributed by atoms with Crippen LogP contribution < -0.4 is 0 Å². The van der Waals surface area contributed by atoms with E-state index in [-0.39, 0.29) is 17.0 Å². The van der Waals surface area contributed by atoms with Crippen LogP contribution >= 0.6 is 11.8 Å². The number of allylic oxidation sites excluding steroid dienone is 1. The van der Waals surface area contributed by atoms with Crippen LogP contribution in [0.3, 0.4) is 0 Å². The first-order valence-corrected chi connectivity index (χ1v) is 6.02. The molecular formula is C11H9NO4S. The fourth-order valence-corrected chi connectivity index (χ4v) is 3.43. The summed E-state index contributed by atoms with van der Waals surface area (Å²) in [4.78, 5) is 24.6. The van der Waals surface area contributed by atoms with Gasteiger partial charge in [-0.3, -0.25) is 9.69 Å². The molecule has 1 atom stereocenters. The van der Waals surface area contributed by atoms with Gasteiger partial charge in [-0.05, 0) is 12.1 Å². The van der Waals surface area contributed by atoms with Gasteiger partial charge in [-0.25, -0.2) is 4.79 Å². The van der Waals surface area contributed by atoms with Crippen molar-refractivity contribution in [3.8, 4) is 0 Å². The van der Waals surface area contributed by atoms with Crippen molar-refractivity contribution < 1.29 is 19.1 Å². The van der Waals surface area contributed by atoms with E-state index >= 15 is 0 Å². The van der Waals surface area contributed by atoms with Crippen LogP contribution in [0.2, 0.25) is 0 Å². The zero-order valence-electron chi connectivity index (χ0n) is 8.75. The largest absolute Gasteiger partial charge is 0.477 e. The van der Waals surface area contributed by atoms with Crippen LogP contribution in [-0.2, 0) is 16.0 Å². The summed E-state index contributed by atoms with van der Waals surface area (Å²) in [6.45, 7) is 0. The van der Waals surface area contributed by atoms with Crippen LogP contribution in [0.25, 0.3) is 0 Å². The summed E-state index contributed by atoms with van der Waals surface area (Å²) >= 11 is 1.44. The van der Waals surface area contributed by atoms with E-state index in [0.29, 0.717) is 23.5 Å². The third-order valence-corrected chi connectivity index (χ3v) is 4.08. The van der Waals surface area contributed by atoms with Gasteiger partial charge in [0.05, 0.1) is 18.1 Å². The molecule has 0 radical (unpaired) electrons. The Labute approximate surface area is 101 Å². The third kappa shape index (κ3) is 1.56. The molecule has 0 aliphatic carbocycles. The van der Waals surface area contributed by atoms with Crippen molar-refractivity contribution in [3.05, 3.63) is 34.8 Å². The zero-order chi connectivity index (χ0) is 12.0. The number of amides is 1. The molecule has 2 aliphatic heterocycles. The summed E-state index contributed by atoms with van der Waals surface area (Å²) in [5.41, 5.74) is 0.118. The van der Waals surface area contributed by atoms with E-state index in [1.807, 2.05) is 0 Å². The monoisotopic (exact) mass is 251 g/mol. The van der Waals surface area contributed by atoms with E-state index in [0.717, 1.165) is 0 Å². The Bertz CT molecular complexity index is 520. The third-order valence-electron chi connectivity index (χ3n) is 2.81. The van der Waals surface area contributed by atoms with Crippen LogP contribution in [0.15, 0.2) is 33.4 Å². The van der Waals surface area contributed by atoms with E-state index in [9.17, 15) is 9.59 Å². The number of carboxylic acid groups (broad SMARTS) is 1. The highest BCUT2D eigenvalue weighted by molar-refractivity contribution is 8.04. The lowest BCUT2D eigenvalue weighted by Crippen LogP contribution is -2.48. The lowest BCUT2D eigenvalue weighted by Gasteiger charge is -2.33. The van der Waals surface area contributed by atoms with Crippen molar-refractivity contribution in [2.75, 3.05) is 0 Å². The summed E-state index contributed by atoms with van der Waals surface area (Å²) in [7, 11) is 0. The van der Waals surface area contributed by atoms with E-state index in [4.69, 9.17) is 9.52 Å². The second kappa shape index (κ2) is 3.66. The van der Waals surface area contributed by atoms with Crippen LogP contribution in [0.4, 0.5) is 0 Å². The Morgan fingerprint density at radius 2 is 2.47 bits per heavy atom. The van der Waals surface area contributed by atoms with Gasteiger partial charge in [-0.1, -0.05) is 0 Å². The van der Waals surface area contributed by atoms with Gasteiger partial charge < -0.3 is 9.52 Å². The number of thioether (sulfide) groups is 1. The van der Waals surface area contributed by atoms with E-state index < -0.39 is 5.97 Å². The standard InChI is InChI=1S/C11H9NO4S/c13-8-5-9-12(8)10(11(14)15)7(17-9)4-6-2-1-3-16-6/h1-3,9H,4-5H2,(H,14,15)/t9-/m0/s1. The van der Waals surface area contributed by atoms with Gasteiger partial charge in [0.15, 0.2) is 0 Å². The number of aliphatic carboxylic acids is 1. The van der Waals surface area contributed by atoms with E-state index in [2.05, 4.69) is 0 Å². The Kier molecular flexibility index (Phi) is 2.25. The number of carbonyl (C=O) groups is 2. The van der Waals surface area contributed by atoms with Crippen LogP contribution in [-0.4, -0.2) is 27.3 Å². The Morgan fingerprint density at radius 1 is 1.65 bits per heavy atom. The van der Waals surface area contributed by atoms with Gasteiger partial charge in [0.2, 0.25) is 5.91 Å². The smallest absolute Gasteiger partial charge is 0.353 e. The quantitative estimate of drug-likeness (QED) is 0.823. The van der Waals surface area contributed by atoms with E-state index in [1.54, 1.807) is 18.4 Å². The first-order chi connectivity index (χ1) is 8.16. The van der Waals surface area contributed by atoms with Gasteiger partial charge in [0.25, 0.3) is 0 Å². The normalized spacial score (nSPS) is 22.7. The maximum atomic E-state index is 11.4. The number of nitrogens with zero attached hydrogens (tertiary/aromatic N) is 1. The van der Waals surface area contributed by atoms with Crippen molar-refractivity contribution in [1.82, 2.24) is 4.90 Å². The number of furan rings is 1. The second-order valence-corrected chi connectivity index (χ2v) is 5.15. The molecule has 3 heterocycles. The molecule has 88 valence electrons. The molecule has 6 heteroatoms. The SMILES string of the molecule is O=C(O)C1=C(Cc2ccco2)S[C@H]2CC(=O)N12. The zero-order valence-corrected chi connectivity index (χ0v) is 9.57. The number of hydrogen-bond acceptors (Lipinski definition) is 4. The molecule has 5 nitrogen and oxygen atoms in total. The minimum absolute atomic E-state index is 0.0291. The molecule has 1 saturated heterocycles. The number of hydrogen-bond donors (Lipinski definition) is 1. The molecular weight excluding hydrogens is 242 g/mol. The van der Waals surface area contributed by atoms with Crippen molar-refractivity contribution in [2.45, 2.75) is 18.2 Å². The molecule has 1 N–H and O–H groups in total. The Morgan fingerprint density at radius 3 is 3.06 bits per heavy atom. The Hall–Kier alpha value is -1.69. The minimum atomic E-state index is -1.05. The molecule has 1 aromatic heterocycles. The average Bonchev–Trinajstić information content (AvgIpc) is 2.84. The molecule has 0 unspecified atom stereocenters. The highest BCUT2D eigenvalue weighted by atomic mass is 32.2. The van der Waals surface area contributed by atoms with Gasteiger partial charge >= 0.3 is 5.97 Å². The second-order valence-electron chi connectivity index (χ2n) is 3.87. The summed E-state index contributed by atoms with van der Waals surface area (Å²) in [6.07, 6.45) is 2.40. The van der Waals surface area contributed by atoms with Crippen molar-refractivity contribution in [3.63, 3.8) is 0 Å². The molecule has 17 heavy (non-hydrogen) atoms. The first-order valence-electron chi connectivity index (χ1n) is 5.14. The molecule has 1 fully saturated rings. The van der Waals surface area contributed by atoms with Crippen molar-refractivity contribution in [2.24, 2.45) is 0 Å². The molecule has 0 bridgehead atoms. The van der Waals surface area contributed by atoms with Gasteiger partial charge in [0.1, 0.15) is 11.5 Å². The fraction of sp³-hybridized carbons (Fsp3) is 0.273. The van der Waals surface area contributed by atoms with Crippen molar-refractivity contribution >= 4 is 23.6 Å². The number of fused-ring (bicyclic) bond motifs is 1. The number of carbonyl (C=O) groups excluding carboxylic acids is 1. The molecule has 0 spiro atoms. The van der Waals surface area contributed by atoms with Crippen LogP contribution in [0.1, 0.15) is 12.2 Å². The predicted octanol–water partition coefficient (Wildman–Crippen LogP) is 1.42. The van der Waals surface area contributed by atoms with Crippen LogP contribution in [0, 0.1) is 0 Å². The molecule has 2 aliphatic rings. The summed E-state index contributed by atoms with van der Waals surface area (Å²) in [5.74, 6) is -0.454. The summed E-state index contributed by atoms with van der Waals surface area (Å²) < 4.78 is 5.20. The Balaban J connectivity index is 1.92. The number of carboxylic acids is 1. The average molecular weight is 251 g/mol. The van der Waals surface area contributed by atoms with Crippen molar-refractivity contribution in [1.29, 1.82) is 0 Å². The maximum Gasteiger partial charge on any atom is 0.353 e. The summed E-state index contributed by atoms with van der Waals surface area (Å²) in [6, 6.07) is 3.56. The fourth-order valence-electron chi connectivity index (χ4n) is 2.02. The van der Waals surface area contributed by atoms with Gasteiger partial charge in [-0.2, -0.15) is 0 Å². The molecule has 3 rings (SSSR count). The molecule has 0 saturated carbocycles. The van der Waals surface area contributed by atoms with Crippen LogP contribution in [0.5, 0.6) is 0 Å². The molecule has 0 aromatic carbocycles. The lowest BCUT2D eigenvalue weighted by atomic mass is 10.1.